The number of rotatable bonds is 1. The molecule has 1 atom stereocenters. The van der Waals surface area contributed by atoms with Gasteiger partial charge in [0.05, 0.1) is 0 Å². The number of pyridine rings is 1. The minimum absolute atomic E-state index is 0.243. The topological polar surface area (TPSA) is 33.1 Å². The number of aliphatic hydroxyl groups excluding tert-OH is 1. The Morgan fingerprint density at radius 1 is 1.44 bits per heavy atom. The van der Waals surface area contributed by atoms with Gasteiger partial charge in [-0.3, -0.25) is 4.98 Å². The minimum atomic E-state index is -0.243. The molecule has 0 amide bonds. The number of hydrogen-bond donors (Lipinski definition) is 1. The highest BCUT2D eigenvalue weighted by molar-refractivity contribution is 6.11. The fraction of sp³-hybridized carbons (Fsp3) is 0.167. The average Bonchev–Trinajstić information content (AvgIpc) is 1.90. The van der Waals surface area contributed by atoms with Crippen molar-refractivity contribution in [2.45, 2.75) is 4.97 Å². The van der Waals surface area contributed by atoms with Gasteiger partial charge in [-0.05, 0) is 17.7 Å². The fourth-order valence-corrected chi connectivity index (χ4v) is 1.03. The molecule has 9 heavy (non-hydrogen) atoms. The molecule has 3 heteroatoms. The summed E-state index contributed by atoms with van der Waals surface area (Å²) in [5, 5.41) is 9.06. The molecule has 0 saturated heterocycles. The van der Waals surface area contributed by atoms with E-state index in [1.807, 2.05) is 12.1 Å². The fourth-order valence-electron chi connectivity index (χ4n) is 0.642. The Balaban J connectivity index is 2.85. The molecule has 0 radical (unpaired) electrons. The van der Waals surface area contributed by atoms with E-state index in [0.717, 1.165) is 21.9 Å². The van der Waals surface area contributed by atoms with E-state index < -0.39 is 0 Å². The van der Waals surface area contributed by atoms with Crippen LogP contribution in [0.25, 0.3) is 0 Å². The molecule has 0 spiro atoms. The van der Waals surface area contributed by atoms with Crippen LogP contribution in [0.3, 0.4) is 0 Å². The molecule has 0 aliphatic heterocycles. The molecule has 0 aliphatic carbocycles. The highest BCUT2D eigenvalue weighted by Crippen LogP contribution is 2.04. The Kier molecular flexibility index (Phi) is 2.24. The van der Waals surface area contributed by atoms with Crippen LogP contribution in [0.4, 0.5) is 0 Å². The lowest BCUT2D eigenvalue weighted by molar-refractivity contribution is 0.262. The van der Waals surface area contributed by atoms with Crippen molar-refractivity contribution in [3.05, 3.63) is 30.1 Å². The monoisotopic (exact) mass is 137 g/mol. The molecule has 1 aromatic heterocycles. The van der Waals surface area contributed by atoms with Crippen molar-refractivity contribution in [1.29, 1.82) is 0 Å². The average molecular weight is 137 g/mol. The maximum absolute atomic E-state index is 9.06. The first-order valence-corrected chi connectivity index (χ1v) is 4.04. The maximum Gasteiger partial charge on any atom is 0.265 e. The van der Waals surface area contributed by atoms with Crippen LogP contribution in [0.5, 0.6) is 0 Å². The second kappa shape index (κ2) is 2.98. The van der Waals surface area contributed by atoms with Crippen LogP contribution >= 0.6 is 0 Å². The first-order chi connectivity index (χ1) is 4.30. The Labute approximate surface area is 62.0 Å². The zero-order chi connectivity index (χ0) is 6.69. The summed E-state index contributed by atoms with van der Waals surface area (Å²) >= 11 is 0.784. The second-order valence-corrected chi connectivity index (χ2v) is 3.05. The van der Waals surface area contributed by atoms with Crippen LogP contribution in [-0.4, -0.2) is 26.4 Å². The quantitative estimate of drug-likeness (QED) is 0.539. The Hall–Kier alpha value is -0.358. The molecule has 0 fully saturated rings. The molecular formula is C6H8AlNO. The third-order valence-electron chi connectivity index (χ3n) is 1.19. The van der Waals surface area contributed by atoms with Gasteiger partial charge in [-0.1, -0.05) is 0 Å². The predicted molar refractivity (Wildman–Crippen MR) is 37.7 cm³/mol. The van der Waals surface area contributed by atoms with Crippen LogP contribution in [0, 0.1) is 0 Å². The summed E-state index contributed by atoms with van der Waals surface area (Å²) in [5.41, 5.74) is 0.969. The van der Waals surface area contributed by atoms with Crippen molar-refractivity contribution < 1.29 is 5.11 Å². The molecule has 1 N–H and O–H groups in total. The third-order valence-corrected chi connectivity index (χ3v) is 1.86. The molecule has 0 bridgehead atoms. The van der Waals surface area contributed by atoms with Crippen molar-refractivity contribution in [3.63, 3.8) is 0 Å². The van der Waals surface area contributed by atoms with Crippen molar-refractivity contribution in [2.75, 3.05) is 0 Å². The normalized spacial score (nSPS) is 13.0. The maximum atomic E-state index is 9.06. The van der Waals surface area contributed by atoms with E-state index in [2.05, 4.69) is 4.98 Å². The third kappa shape index (κ3) is 1.80. The van der Waals surface area contributed by atoms with Gasteiger partial charge in [0.15, 0.2) is 0 Å². The lowest BCUT2D eigenvalue weighted by Gasteiger charge is -2.00. The molecule has 46 valence electrons. The molecule has 1 heterocycles. The van der Waals surface area contributed by atoms with Crippen molar-refractivity contribution in [2.24, 2.45) is 0 Å². The van der Waals surface area contributed by atoms with Crippen LogP contribution < -0.4 is 0 Å². The van der Waals surface area contributed by atoms with E-state index in [-0.39, 0.29) is 4.97 Å². The lowest BCUT2D eigenvalue weighted by atomic mass is 10.3. The van der Waals surface area contributed by atoms with Gasteiger partial charge in [0.1, 0.15) is 0 Å². The van der Waals surface area contributed by atoms with E-state index in [4.69, 9.17) is 5.11 Å². The van der Waals surface area contributed by atoms with E-state index in [1.165, 1.54) is 0 Å². The smallest absolute Gasteiger partial charge is 0.265 e. The molecule has 0 aromatic carbocycles. The first-order valence-electron chi connectivity index (χ1n) is 2.88. The highest BCUT2D eigenvalue weighted by atomic mass is 27.0. The van der Waals surface area contributed by atoms with Crippen LogP contribution in [0.2, 0.25) is 0 Å². The van der Waals surface area contributed by atoms with Crippen LogP contribution in [0.1, 0.15) is 10.5 Å². The zero-order valence-corrected chi connectivity index (χ0v) is 7.28. The first kappa shape index (κ1) is 6.76. The van der Waals surface area contributed by atoms with E-state index in [0.29, 0.717) is 0 Å². The standard InChI is InChI=1S/C6H6NO.Al.2H/c8-5-6-1-3-7-4-2-6;;;/h1-5,8H;;;. The Morgan fingerprint density at radius 3 is 2.33 bits per heavy atom. The molecular weight excluding hydrogens is 129 g/mol. The number of nitrogens with zero attached hydrogens (tertiary/aromatic N) is 1. The summed E-state index contributed by atoms with van der Waals surface area (Å²) in [5.74, 6) is 0. The minimum Gasteiger partial charge on any atom is -0.405 e. The summed E-state index contributed by atoms with van der Waals surface area (Å²) in [7, 11) is 0. The summed E-state index contributed by atoms with van der Waals surface area (Å²) < 4.78 is 0. The number of aromatic nitrogens is 1. The van der Waals surface area contributed by atoms with Gasteiger partial charge >= 0.3 is 0 Å². The summed E-state index contributed by atoms with van der Waals surface area (Å²) in [6.45, 7) is 0. The zero-order valence-electron chi connectivity index (χ0n) is 5.28. The largest absolute Gasteiger partial charge is 0.405 e. The summed E-state index contributed by atoms with van der Waals surface area (Å²) in [6, 6.07) is 3.66. The second-order valence-electron chi connectivity index (χ2n) is 1.96. The van der Waals surface area contributed by atoms with Gasteiger partial charge in [-0.2, -0.15) is 0 Å². The summed E-state index contributed by atoms with van der Waals surface area (Å²) in [6.07, 6.45) is 3.38. The van der Waals surface area contributed by atoms with Crippen LogP contribution in [0.15, 0.2) is 24.5 Å². The van der Waals surface area contributed by atoms with E-state index in [9.17, 15) is 0 Å². The molecule has 0 saturated carbocycles. The van der Waals surface area contributed by atoms with E-state index in [1.54, 1.807) is 12.4 Å². The van der Waals surface area contributed by atoms with Crippen LogP contribution in [-0.2, 0) is 0 Å². The van der Waals surface area contributed by atoms with Gasteiger partial charge in [-0.25, -0.2) is 0 Å². The summed E-state index contributed by atoms with van der Waals surface area (Å²) in [4.78, 5) is 3.59. The van der Waals surface area contributed by atoms with E-state index >= 15 is 0 Å². The Morgan fingerprint density at radius 2 is 2.00 bits per heavy atom. The Bertz CT molecular complexity index is 176. The number of hydrogen-bond acceptors (Lipinski definition) is 2. The van der Waals surface area contributed by atoms with Crippen molar-refractivity contribution in [1.82, 2.24) is 4.98 Å². The molecule has 2 nitrogen and oxygen atoms in total. The van der Waals surface area contributed by atoms with Crippen molar-refractivity contribution >= 4 is 16.3 Å². The van der Waals surface area contributed by atoms with Crippen molar-refractivity contribution in [3.8, 4) is 0 Å². The molecule has 1 rings (SSSR count). The van der Waals surface area contributed by atoms with Gasteiger partial charge < -0.3 is 5.11 Å². The van der Waals surface area contributed by atoms with Gasteiger partial charge in [-0.15, -0.1) is 0 Å². The predicted octanol–water partition coefficient (Wildman–Crippen LogP) is -0.294. The highest BCUT2D eigenvalue weighted by Gasteiger charge is 1.96. The van der Waals surface area contributed by atoms with Gasteiger partial charge in [0, 0.05) is 17.4 Å². The molecule has 0 aliphatic rings. The SMILES string of the molecule is O[CH]([AlH2])c1ccncc1. The molecule has 1 unspecified atom stereocenters. The van der Waals surface area contributed by atoms with Gasteiger partial charge in [0.2, 0.25) is 0 Å². The van der Waals surface area contributed by atoms with Gasteiger partial charge in [0.25, 0.3) is 16.3 Å². The molecule has 1 aromatic rings. The lowest BCUT2D eigenvalue weighted by Crippen LogP contribution is -1.94. The number of aliphatic hydroxyl groups is 1.